The summed E-state index contributed by atoms with van der Waals surface area (Å²) < 4.78 is 4.40. The third kappa shape index (κ3) is 3.42. The second-order valence-corrected chi connectivity index (χ2v) is 3.72. The van der Waals surface area contributed by atoms with Gasteiger partial charge in [-0.1, -0.05) is 65.8 Å². The Morgan fingerprint density at radius 3 is 1.79 bits per heavy atom. The van der Waals surface area contributed by atoms with E-state index in [1.165, 1.54) is 7.11 Å². The Labute approximate surface area is 111 Å². The summed E-state index contributed by atoms with van der Waals surface area (Å²) in [6.07, 6.45) is -0.843. The lowest BCUT2D eigenvalue weighted by atomic mass is 10.0. The smallest absolute Gasteiger partial charge is 0.436 e. The van der Waals surface area contributed by atoms with Crippen molar-refractivity contribution in [3.63, 3.8) is 0 Å². The zero-order valence-electron chi connectivity index (χ0n) is 10.4. The zero-order chi connectivity index (χ0) is 13.5. The third-order valence-corrected chi connectivity index (χ3v) is 2.47. The molecule has 0 amide bonds. The number of carbonyl (C=O) groups excluding carboxylic acids is 1. The molecule has 2 aromatic rings. The average Bonchev–Trinajstić information content (AvgIpc) is 2.49. The van der Waals surface area contributed by atoms with Crippen LogP contribution >= 0.6 is 0 Å². The normalized spacial score (nSPS) is 9.53. The van der Waals surface area contributed by atoms with Crippen molar-refractivity contribution in [3.8, 4) is 0 Å². The van der Waals surface area contributed by atoms with Gasteiger partial charge in [0.05, 0.1) is 7.11 Å². The van der Waals surface area contributed by atoms with Crippen LogP contribution in [-0.4, -0.2) is 19.0 Å². The Kier molecular flexibility index (Phi) is 4.29. The van der Waals surface area contributed by atoms with Crippen molar-refractivity contribution < 1.29 is 14.4 Å². The molecule has 0 saturated heterocycles. The maximum Gasteiger partial charge on any atom is 0.534 e. The first-order valence-corrected chi connectivity index (χ1v) is 5.75. The summed E-state index contributed by atoms with van der Waals surface area (Å²) in [6, 6.07) is 19.0. The number of hydrogen-bond donors (Lipinski definition) is 0. The number of methoxy groups -OCH3 is 1. The minimum absolute atomic E-state index is 0.576. The number of nitrogens with zero attached hydrogens (tertiary/aromatic N) is 1. The highest BCUT2D eigenvalue weighted by atomic mass is 16.8. The Hall–Kier alpha value is -2.62. The molecule has 0 aliphatic carbocycles. The molecule has 2 aromatic carbocycles. The summed E-state index contributed by atoms with van der Waals surface area (Å²) in [5, 5.41) is 3.88. The number of oxime groups is 1. The number of hydrogen-bond acceptors (Lipinski definition) is 4. The summed E-state index contributed by atoms with van der Waals surface area (Å²) in [7, 11) is 1.24. The number of carbonyl (C=O) groups is 1. The molecule has 19 heavy (non-hydrogen) atoms. The van der Waals surface area contributed by atoms with Crippen LogP contribution in [0.2, 0.25) is 0 Å². The molecular formula is C15H13NO3. The van der Waals surface area contributed by atoms with Gasteiger partial charge < -0.3 is 4.74 Å². The van der Waals surface area contributed by atoms with E-state index in [2.05, 4.69) is 14.7 Å². The van der Waals surface area contributed by atoms with Crippen LogP contribution in [0.15, 0.2) is 65.8 Å². The van der Waals surface area contributed by atoms with Crippen molar-refractivity contribution in [1.29, 1.82) is 0 Å². The SMILES string of the molecule is COC(=O)ON=C(c1ccccc1)c1ccccc1. The standard InChI is InChI=1S/C15H13NO3/c1-18-15(17)19-16-14(12-8-4-2-5-9-12)13-10-6-3-7-11-13/h2-11H,1H3. The Morgan fingerprint density at radius 2 is 1.37 bits per heavy atom. The van der Waals surface area contributed by atoms with E-state index in [9.17, 15) is 4.79 Å². The van der Waals surface area contributed by atoms with Gasteiger partial charge in [-0.2, -0.15) is 0 Å². The topological polar surface area (TPSA) is 47.9 Å². The van der Waals surface area contributed by atoms with E-state index < -0.39 is 6.16 Å². The molecule has 4 heteroatoms. The van der Waals surface area contributed by atoms with Crippen molar-refractivity contribution >= 4 is 11.9 Å². The van der Waals surface area contributed by atoms with Crippen LogP contribution in [0.1, 0.15) is 11.1 Å². The number of ether oxygens (including phenoxy) is 1. The van der Waals surface area contributed by atoms with E-state index in [4.69, 9.17) is 0 Å². The molecule has 0 N–H and O–H groups in total. The fraction of sp³-hybridized carbons (Fsp3) is 0.0667. The minimum Gasteiger partial charge on any atom is -0.436 e. The van der Waals surface area contributed by atoms with Crippen LogP contribution in [0.5, 0.6) is 0 Å². The van der Waals surface area contributed by atoms with Crippen LogP contribution < -0.4 is 0 Å². The molecule has 0 unspecified atom stereocenters. The van der Waals surface area contributed by atoms with Gasteiger partial charge in [-0.25, -0.2) is 4.79 Å². The molecule has 0 spiro atoms. The summed E-state index contributed by atoms with van der Waals surface area (Å²) in [5.41, 5.74) is 2.29. The van der Waals surface area contributed by atoms with Gasteiger partial charge in [0.2, 0.25) is 0 Å². The van der Waals surface area contributed by atoms with Gasteiger partial charge in [0.25, 0.3) is 0 Å². The Bertz CT molecular complexity index is 523. The molecule has 0 saturated carbocycles. The van der Waals surface area contributed by atoms with Crippen molar-refractivity contribution in [3.05, 3.63) is 71.8 Å². The van der Waals surface area contributed by atoms with Gasteiger partial charge in [-0.05, 0) is 0 Å². The van der Waals surface area contributed by atoms with E-state index in [1.54, 1.807) is 0 Å². The number of rotatable bonds is 3. The monoisotopic (exact) mass is 255 g/mol. The van der Waals surface area contributed by atoms with Gasteiger partial charge in [-0.3, -0.25) is 4.84 Å². The number of benzene rings is 2. The molecule has 2 rings (SSSR count). The largest absolute Gasteiger partial charge is 0.534 e. The summed E-state index contributed by atoms with van der Waals surface area (Å²) >= 11 is 0. The predicted octanol–water partition coefficient (Wildman–Crippen LogP) is 3.22. The molecule has 0 aliphatic rings. The summed E-state index contributed by atoms with van der Waals surface area (Å²) in [4.78, 5) is 15.7. The van der Waals surface area contributed by atoms with E-state index >= 15 is 0 Å². The Morgan fingerprint density at radius 1 is 0.895 bits per heavy atom. The molecule has 0 atom stereocenters. The molecule has 0 fully saturated rings. The fourth-order valence-corrected chi connectivity index (χ4v) is 1.58. The van der Waals surface area contributed by atoms with Crippen LogP contribution in [-0.2, 0) is 9.57 Å². The van der Waals surface area contributed by atoms with Crippen molar-refractivity contribution in [1.82, 2.24) is 0 Å². The summed E-state index contributed by atoms with van der Waals surface area (Å²) in [6.45, 7) is 0. The van der Waals surface area contributed by atoms with E-state index in [0.717, 1.165) is 11.1 Å². The fourth-order valence-electron chi connectivity index (χ4n) is 1.58. The second kappa shape index (κ2) is 6.35. The van der Waals surface area contributed by atoms with Gasteiger partial charge in [-0.15, -0.1) is 0 Å². The summed E-state index contributed by atoms with van der Waals surface area (Å²) in [5.74, 6) is 0. The van der Waals surface area contributed by atoms with Gasteiger partial charge in [0.1, 0.15) is 5.71 Å². The molecule has 4 nitrogen and oxygen atoms in total. The second-order valence-electron chi connectivity index (χ2n) is 3.72. The minimum atomic E-state index is -0.843. The highest BCUT2D eigenvalue weighted by molar-refractivity contribution is 6.12. The van der Waals surface area contributed by atoms with E-state index in [0.29, 0.717) is 5.71 Å². The van der Waals surface area contributed by atoms with Crippen LogP contribution in [0, 0.1) is 0 Å². The van der Waals surface area contributed by atoms with Gasteiger partial charge in [0, 0.05) is 11.1 Å². The lowest BCUT2D eigenvalue weighted by Gasteiger charge is -2.06. The van der Waals surface area contributed by atoms with Crippen molar-refractivity contribution in [2.75, 3.05) is 7.11 Å². The molecule has 0 aromatic heterocycles. The maximum absolute atomic E-state index is 11.0. The first-order chi connectivity index (χ1) is 9.31. The van der Waals surface area contributed by atoms with Gasteiger partial charge in [0.15, 0.2) is 0 Å². The van der Waals surface area contributed by atoms with E-state index in [1.807, 2.05) is 60.7 Å². The molecule has 0 radical (unpaired) electrons. The van der Waals surface area contributed by atoms with Crippen LogP contribution in [0.4, 0.5) is 4.79 Å². The predicted molar refractivity (Wildman–Crippen MR) is 72.0 cm³/mol. The highest BCUT2D eigenvalue weighted by Crippen LogP contribution is 2.11. The third-order valence-electron chi connectivity index (χ3n) is 2.47. The van der Waals surface area contributed by atoms with Crippen molar-refractivity contribution in [2.45, 2.75) is 0 Å². The van der Waals surface area contributed by atoms with E-state index in [-0.39, 0.29) is 0 Å². The zero-order valence-corrected chi connectivity index (χ0v) is 10.4. The van der Waals surface area contributed by atoms with Crippen LogP contribution in [0.25, 0.3) is 0 Å². The lowest BCUT2D eigenvalue weighted by molar-refractivity contribution is 0.0755. The highest BCUT2D eigenvalue weighted by Gasteiger charge is 2.09. The van der Waals surface area contributed by atoms with Crippen molar-refractivity contribution in [2.24, 2.45) is 5.16 Å². The lowest BCUT2D eigenvalue weighted by Crippen LogP contribution is -2.07. The first-order valence-electron chi connectivity index (χ1n) is 5.75. The van der Waals surface area contributed by atoms with Gasteiger partial charge >= 0.3 is 6.16 Å². The average molecular weight is 255 g/mol. The maximum atomic E-state index is 11.0. The van der Waals surface area contributed by atoms with Crippen LogP contribution in [0.3, 0.4) is 0 Å². The molecule has 0 bridgehead atoms. The molecule has 0 aliphatic heterocycles. The molecular weight excluding hydrogens is 242 g/mol. The Balaban J connectivity index is 2.37. The first kappa shape index (κ1) is 12.8. The molecule has 96 valence electrons. The molecule has 0 heterocycles. The quantitative estimate of drug-likeness (QED) is 0.366.